The number of nitro groups is 2. The van der Waals surface area contributed by atoms with E-state index in [1.807, 2.05) is 5.32 Å². The Balaban J connectivity index is 2.21. The molecule has 0 fully saturated rings. The van der Waals surface area contributed by atoms with Crippen molar-refractivity contribution < 1.29 is 27.8 Å². The number of nitro benzene ring substituents is 2. The minimum Gasteiger partial charge on any atom is -0.360 e. The molecular formula is C15H11F3N4O5. The number of carbonyl (C=O) groups excluding carboxylic acids is 1. The van der Waals surface area contributed by atoms with E-state index in [9.17, 15) is 38.2 Å². The van der Waals surface area contributed by atoms with Crippen molar-refractivity contribution in [3.63, 3.8) is 0 Å². The van der Waals surface area contributed by atoms with Crippen molar-refractivity contribution in [2.45, 2.75) is 0 Å². The maximum atomic E-state index is 13.6. The number of halogens is 3. The maximum Gasteiger partial charge on any atom is 0.299 e. The highest BCUT2D eigenvalue weighted by Crippen LogP contribution is 2.31. The van der Waals surface area contributed by atoms with Crippen LogP contribution in [0.3, 0.4) is 0 Å². The fraction of sp³-hybridized carbons (Fsp3) is 0.133. The SMILES string of the molecule is CN(CC(=O)Nc1ccc(F)c(F)c1F)c1ccc([N+](=O)[O-])cc1[N+](=O)[O-]. The summed E-state index contributed by atoms with van der Waals surface area (Å²) in [4.78, 5) is 33.3. The van der Waals surface area contributed by atoms with Crippen LogP contribution in [0.25, 0.3) is 0 Å². The number of hydrogen-bond donors (Lipinski definition) is 1. The standard InChI is InChI=1S/C15H11F3N4O5/c1-20(11-5-2-8(21(24)25)6-12(11)22(26)27)7-13(23)19-10-4-3-9(16)14(17)15(10)18/h2-6H,7H2,1H3,(H,19,23). The first-order chi connectivity index (χ1) is 12.6. The first-order valence-corrected chi connectivity index (χ1v) is 7.19. The van der Waals surface area contributed by atoms with Crippen molar-refractivity contribution in [1.29, 1.82) is 0 Å². The molecule has 0 aliphatic carbocycles. The summed E-state index contributed by atoms with van der Waals surface area (Å²) in [5, 5.41) is 23.9. The van der Waals surface area contributed by atoms with Crippen LogP contribution in [0.4, 0.5) is 35.9 Å². The molecule has 27 heavy (non-hydrogen) atoms. The lowest BCUT2D eigenvalue weighted by molar-refractivity contribution is -0.393. The lowest BCUT2D eigenvalue weighted by atomic mass is 10.2. The molecule has 142 valence electrons. The third-order valence-electron chi connectivity index (χ3n) is 3.47. The zero-order valence-corrected chi connectivity index (χ0v) is 13.6. The van der Waals surface area contributed by atoms with E-state index in [1.165, 1.54) is 7.05 Å². The molecule has 0 aromatic heterocycles. The summed E-state index contributed by atoms with van der Waals surface area (Å²) in [5.41, 5.74) is -1.83. The summed E-state index contributed by atoms with van der Waals surface area (Å²) >= 11 is 0. The van der Waals surface area contributed by atoms with E-state index in [2.05, 4.69) is 0 Å². The predicted molar refractivity (Wildman–Crippen MR) is 88.0 cm³/mol. The molecule has 1 N–H and O–H groups in total. The summed E-state index contributed by atoms with van der Waals surface area (Å²) in [5.74, 6) is -5.65. The Kier molecular flexibility index (Phi) is 5.58. The van der Waals surface area contributed by atoms with Gasteiger partial charge in [0, 0.05) is 13.1 Å². The summed E-state index contributed by atoms with van der Waals surface area (Å²) in [6.07, 6.45) is 0. The second-order valence-electron chi connectivity index (χ2n) is 5.31. The molecule has 2 rings (SSSR count). The Morgan fingerprint density at radius 2 is 1.74 bits per heavy atom. The van der Waals surface area contributed by atoms with Crippen LogP contribution in [0.15, 0.2) is 30.3 Å². The molecule has 9 nitrogen and oxygen atoms in total. The van der Waals surface area contributed by atoms with Gasteiger partial charge in [-0.25, -0.2) is 13.2 Å². The van der Waals surface area contributed by atoms with Gasteiger partial charge in [0.15, 0.2) is 17.5 Å². The van der Waals surface area contributed by atoms with Gasteiger partial charge in [0.2, 0.25) is 5.91 Å². The Morgan fingerprint density at radius 1 is 1.07 bits per heavy atom. The van der Waals surface area contributed by atoms with E-state index in [0.717, 1.165) is 29.2 Å². The van der Waals surface area contributed by atoms with Crippen molar-refractivity contribution in [3.8, 4) is 0 Å². The Morgan fingerprint density at radius 3 is 2.33 bits per heavy atom. The highest BCUT2D eigenvalue weighted by atomic mass is 19.2. The molecule has 0 spiro atoms. The topological polar surface area (TPSA) is 119 Å². The van der Waals surface area contributed by atoms with E-state index in [-0.39, 0.29) is 5.69 Å². The molecule has 0 radical (unpaired) electrons. The van der Waals surface area contributed by atoms with Crippen molar-refractivity contribution in [1.82, 2.24) is 0 Å². The van der Waals surface area contributed by atoms with Crippen molar-refractivity contribution >= 4 is 28.7 Å². The van der Waals surface area contributed by atoms with E-state index in [4.69, 9.17) is 0 Å². The average molecular weight is 384 g/mol. The van der Waals surface area contributed by atoms with Crippen molar-refractivity contribution in [2.24, 2.45) is 0 Å². The lowest BCUT2D eigenvalue weighted by Crippen LogP contribution is -2.30. The smallest absolute Gasteiger partial charge is 0.299 e. The number of carbonyl (C=O) groups is 1. The monoisotopic (exact) mass is 384 g/mol. The second kappa shape index (κ2) is 7.68. The highest BCUT2D eigenvalue weighted by molar-refractivity contribution is 5.94. The van der Waals surface area contributed by atoms with E-state index in [1.54, 1.807) is 0 Å². The molecule has 0 bridgehead atoms. The largest absolute Gasteiger partial charge is 0.360 e. The Bertz CT molecular complexity index is 938. The molecule has 0 heterocycles. The van der Waals surface area contributed by atoms with Crippen LogP contribution in [0.5, 0.6) is 0 Å². The number of amides is 1. The number of nitrogens with zero attached hydrogens (tertiary/aromatic N) is 3. The third kappa shape index (κ3) is 4.29. The normalized spacial score (nSPS) is 10.4. The third-order valence-corrected chi connectivity index (χ3v) is 3.47. The van der Waals surface area contributed by atoms with Gasteiger partial charge in [0.25, 0.3) is 11.4 Å². The van der Waals surface area contributed by atoms with Crippen LogP contribution < -0.4 is 10.2 Å². The highest BCUT2D eigenvalue weighted by Gasteiger charge is 2.23. The number of rotatable bonds is 6. The van der Waals surface area contributed by atoms with E-state index < -0.39 is 56.8 Å². The molecule has 12 heteroatoms. The summed E-state index contributed by atoms with van der Waals surface area (Å²) in [7, 11) is 1.29. The second-order valence-corrected chi connectivity index (χ2v) is 5.31. The van der Waals surface area contributed by atoms with Crippen LogP contribution >= 0.6 is 0 Å². The van der Waals surface area contributed by atoms with Crippen LogP contribution in [0.2, 0.25) is 0 Å². The first kappa shape index (κ1) is 19.6. The minimum absolute atomic E-state index is 0.105. The quantitative estimate of drug-likeness (QED) is 0.465. The predicted octanol–water partition coefficient (Wildman–Crippen LogP) is 3.00. The van der Waals surface area contributed by atoms with E-state index in [0.29, 0.717) is 6.07 Å². The molecule has 2 aromatic rings. The van der Waals surface area contributed by atoms with Gasteiger partial charge >= 0.3 is 0 Å². The molecule has 0 aliphatic heterocycles. The number of non-ortho nitro benzene ring substituents is 1. The van der Waals surface area contributed by atoms with Gasteiger partial charge in [0.05, 0.1) is 28.1 Å². The molecule has 0 unspecified atom stereocenters. The van der Waals surface area contributed by atoms with Gasteiger partial charge in [-0.2, -0.15) is 0 Å². The summed E-state index contributed by atoms with van der Waals surface area (Å²) < 4.78 is 39.6. The van der Waals surface area contributed by atoms with Crippen LogP contribution in [0.1, 0.15) is 0 Å². The van der Waals surface area contributed by atoms with Gasteiger partial charge in [-0.05, 0) is 18.2 Å². The molecular weight excluding hydrogens is 373 g/mol. The van der Waals surface area contributed by atoms with E-state index >= 15 is 0 Å². The Labute approximate surface area is 149 Å². The van der Waals surface area contributed by atoms with Crippen LogP contribution in [-0.2, 0) is 4.79 Å². The van der Waals surface area contributed by atoms with Crippen LogP contribution in [0, 0.1) is 37.7 Å². The number of anilines is 2. The molecule has 2 aromatic carbocycles. The average Bonchev–Trinajstić information content (AvgIpc) is 2.61. The first-order valence-electron chi connectivity index (χ1n) is 7.19. The van der Waals surface area contributed by atoms with Gasteiger partial charge in [-0.15, -0.1) is 0 Å². The number of likely N-dealkylation sites (N-methyl/N-ethyl adjacent to an activating group) is 1. The van der Waals surface area contributed by atoms with Crippen molar-refractivity contribution in [2.75, 3.05) is 23.8 Å². The van der Waals surface area contributed by atoms with Gasteiger partial charge in [-0.3, -0.25) is 25.0 Å². The Hall–Kier alpha value is -3.70. The fourth-order valence-electron chi connectivity index (χ4n) is 2.21. The molecule has 0 saturated heterocycles. The molecule has 0 atom stereocenters. The maximum absolute atomic E-state index is 13.6. The minimum atomic E-state index is -1.76. The summed E-state index contributed by atoms with van der Waals surface area (Å²) in [6.45, 7) is -0.531. The number of benzene rings is 2. The number of hydrogen-bond acceptors (Lipinski definition) is 6. The summed E-state index contributed by atoms with van der Waals surface area (Å²) in [6, 6.07) is 4.28. The van der Waals surface area contributed by atoms with Gasteiger partial charge < -0.3 is 10.2 Å². The molecule has 0 aliphatic rings. The fourth-order valence-corrected chi connectivity index (χ4v) is 2.21. The zero-order chi connectivity index (χ0) is 20.3. The van der Waals surface area contributed by atoms with Gasteiger partial charge in [0.1, 0.15) is 5.69 Å². The zero-order valence-electron chi connectivity index (χ0n) is 13.6. The molecule has 0 saturated carbocycles. The van der Waals surface area contributed by atoms with Crippen LogP contribution in [-0.4, -0.2) is 29.3 Å². The van der Waals surface area contributed by atoms with Gasteiger partial charge in [-0.1, -0.05) is 0 Å². The molecule has 1 amide bonds. The van der Waals surface area contributed by atoms with Crippen molar-refractivity contribution in [3.05, 3.63) is 68.0 Å². The lowest BCUT2D eigenvalue weighted by Gasteiger charge is -2.18. The number of nitrogens with one attached hydrogen (secondary N) is 1.